The van der Waals surface area contributed by atoms with Crippen molar-refractivity contribution in [1.82, 2.24) is 9.80 Å². The fraction of sp³-hybridized carbons (Fsp3) is 0.389. The van der Waals surface area contributed by atoms with Crippen LogP contribution in [0.4, 0.5) is 0 Å². The summed E-state index contributed by atoms with van der Waals surface area (Å²) in [4.78, 5) is 18.7. The average Bonchev–Trinajstić information content (AvgIpc) is 3.03. The SMILES string of the molecule is CN(C)C1CCN(C(=O)c2ccc(-c3cc(Cl)cc(Cl)c3)s2)CC1. The lowest BCUT2D eigenvalue weighted by Gasteiger charge is -2.35. The Morgan fingerprint density at radius 3 is 2.33 bits per heavy atom. The second-order valence-corrected chi connectivity index (χ2v) is 8.27. The Morgan fingerprint density at radius 2 is 1.75 bits per heavy atom. The van der Waals surface area contributed by atoms with E-state index in [1.807, 2.05) is 29.2 Å². The number of nitrogens with zero attached hydrogens (tertiary/aromatic N) is 2. The zero-order chi connectivity index (χ0) is 17.3. The van der Waals surface area contributed by atoms with E-state index < -0.39 is 0 Å². The molecule has 0 saturated carbocycles. The van der Waals surface area contributed by atoms with E-state index in [4.69, 9.17) is 23.2 Å². The van der Waals surface area contributed by atoms with Crippen molar-refractivity contribution in [2.24, 2.45) is 0 Å². The number of piperidine rings is 1. The van der Waals surface area contributed by atoms with Gasteiger partial charge in [-0.15, -0.1) is 11.3 Å². The predicted molar refractivity (Wildman–Crippen MR) is 102 cm³/mol. The molecule has 0 spiro atoms. The highest BCUT2D eigenvalue weighted by atomic mass is 35.5. The number of likely N-dealkylation sites (tertiary alicyclic amines) is 1. The number of thiophene rings is 1. The number of carbonyl (C=O) groups excluding carboxylic acids is 1. The number of hydrogen-bond acceptors (Lipinski definition) is 3. The topological polar surface area (TPSA) is 23.6 Å². The molecule has 1 aromatic heterocycles. The molecule has 3 rings (SSSR count). The lowest BCUT2D eigenvalue weighted by atomic mass is 10.0. The molecular formula is C18H20Cl2N2OS. The van der Waals surface area contributed by atoms with Gasteiger partial charge in [0.05, 0.1) is 4.88 Å². The lowest BCUT2D eigenvalue weighted by Crippen LogP contribution is -2.44. The lowest BCUT2D eigenvalue weighted by molar-refractivity contribution is 0.0668. The van der Waals surface area contributed by atoms with Gasteiger partial charge in [0, 0.05) is 34.1 Å². The van der Waals surface area contributed by atoms with Crippen LogP contribution < -0.4 is 0 Å². The van der Waals surface area contributed by atoms with Crippen LogP contribution in [-0.2, 0) is 0 Å². The molecular weight excluding hydrogens is 363 g/mol. The maximum absolute atomic E-state index is 12.7. The zero-order valence-electron chi connectivity index (χ0n) is 13.8. The van der Waals surface area contributed by atoms with Crippen LogP contribution in [0.1, 0.15) is 22.5 Å². The summed E-state index contributed by atoms with van der Waals surface area (Å²) >= 11 is 13.6. The van der Waals surface area contributed by atoms with E-state index in [9.17, 15) is 4.79 Å². The highest BCUT2D eigenvalue weighted by molar-refractivity contribution is 7.17. The van der Waals surface area contributed by atoms with Gasteiger partial charge in [0.25, 0.3) is 5.91 Å². The molecule has 1 amide bonds. The predicted octanol–water partition coefficient (Wildman–Crippen LogP) is 4.89. The van der Waals surface area contributed by atoms with Crippen LogP contribution in [0.2, 0.25) is 10.0 Å². The Balaban J connectivity index is 1.72. The van der Waals surface area contributed by atoms with E-state index in [0.717, 1.165) is 41.2 Å². The second-order valence-electron chi connectivity index (χ2n) is 6.31. The summed E-state index contributed by atoms with van der Waals surface area (Å²) in [5.41, 5.74) is 0.947. The normalized spacial score (nSPS) is 16.0. The largest absolute Gasteiger partial charge is 0.338 e. The molecule has 0 radical (unpaired) electrons. The fourth-order valence-corrected chi connectivity index (χ4v) is 4.53. The highest BCUT2D eigenvalue weighted by Crippen LogP contribution is 2.33. The Kier molecular flexibility index (Phi) is 5.50. The van der Waals surface area contributed by atoms with Crippen LogP contribution in [0.3, 0.4) is 0 Å². The van der Waals surface area contributed by atoms with E-state index in [2.05, 4.69) is 19.0 Å². The first-order valence-electron chi connectivity index (χ1n) is 7.96. The van der Waals surface area contributed by atoms with Crippen LogP contribution in [0.25, 0.3) is 10.4 Å². The molecule has 2 heterocycles. The van der Waals surface area contributed by atoms with E-state index in [0.29, 0.717) is 16.1 Å². The van der Waals surface area contributed by atoms with Gasteiger partial charge in [-0.1, -0.05) is 23.2 Å². The van der Waals surface area contributed by atoms with Gasteiger partial charge in [-0.05, 0) is 62.8 Å². The van der Waals surface area contributed by atoms with Crippen molar-refractivity contribution in [2.75, 3.05) is 27.2 Å². The maximum Gasteiger partial charge on any atom is 0.263 e. The van der Waals surface area contributed by atoms with Crippen molar-refractivity contribution in [1.29, 1.82) is 0 Å². The molecule has 2 aromatic rings. The van der Waals surface area contributed by atoms with Crippen molar-refractivity contribution in [2.45, 2.75) is 18.9 Å². The summed E-state index contributed by atoms with van der Waals surface area (Å²) in [5, 5.41) is 1.20. The highest BCUT2D eigenvalue weighted by Gasteiger charge is 2.25. The minimum Gasteiger partial charge on any atom is -0.338 e. The Labute approximate surface area is 156 Å². The quantitative estimate of drug-likeness (QED) is 0.754. The van der Waals surface area contributed by atoms with Gasteiger partial charge in [-0.3, -0.25) is 4.79 Å². The van der Waals surface area contributed by atoms with E-state index in [1.165, 1.54) is 11.3 Å². The molecule has 1 saturated heterocycles. The molecule has 0 aliphatic carbocycles. The second kappa shape index (κ2) is 7.44. The standard InChI is InChI=1S/C18H20Cl2N2OS/c1-21(2)15-5-7-22(8-6-15)18(23)17-4-3-16(24-17)12-9-13(19)11-14(20)10-12/h3-4,9-11,15H,5-8H2,1-2H3. The third-order valence-corrected chi connectivity index (χ3v) is 6.00. The first kappa shape index (κ1) is 17.7. The van der Waals surface area contributed by atoms with Crippen molar-refractivity contribution in [3.63, 3.8) is 0 Å². The summed E-state index contributed by atoms with van der Waals surface area (Å²) in [6.07, 6.45) is 2.06. The Morgan fingerprint density at radius 1 is 1.12 bits per heavy atom. The van der Waals surface area contributed by atoms with Crippen LogP contribution in [0.5, 0.6) is 0 Å². The number of rotatable bonds is 3. The maximum atomic E-state index is 12.7. The van der Waals surface area contributed by atoms with Crippen molar-refractivity contribution < 1.29 is 4.79 Å². The van der Waals surface area contributed by atoms with Gasteiger partial charge in [-0.25, -0.2) is 0 Å². The van der Waals surface area contributed by atoms with E-state index in [-0.39, 0.29) is 5.91 Å². The van der Waals surface area contributed by atoms with Crippen LogP contribution >= 0.6 is 34.5 Å². The van der Waals surface area contributed by atoms with Gasteiger partial charge in [0.1, 0.15) is 0 Å². The van der Waals surface area contributed by atoms with Gasteiger partial charge in [0.2, 0.25) is 0 Å². The molecule has 1 aliphatic rings. The number of carbonyl (C=O) groups is 1. The summed E-state index contributed by atoms with van der Waals surface area (Å²) in [6.45, 7) is 1.63. The van der Waals surface area contributed by atoms with Gasteiger partial charge in [0.15, 0.2) is 0 Å². The van der Waals surface area contributed by atoms with E-state index >= 15 is 0 Å². The molecule has 0 N–H and O–H groups in total. The zero-order valence-corrected chi connectivity index (χ0v) is 16.1. The molecule has 0 bridgehead atoms. The minimum atomic E-state index is 0.122. The smallest absolute Gasteiger partial charge is 0.263 e. The minimum absolute atomic E-state index is 0.122. The Hall–Kier alpha value is -1.07. The van der Waals surface area contributed by atoms with E-state index in [1.54, 1.807) is 6.07 Å². The summed E-state index contributed by atoms with van der Waals surface area (Å²) in [5.74, 6) is 0.122. The van der Waals surface area contributed by atoms with Crippen molar-refractivity contribution in [3.8, 4) is 10.4 Å². The summed E-state index contributed by atoms with van der Waals surface area (Å²) < 4.78 is 0. The number of amides is 1. The summed E-state index contributed by atoms with van der Waals surface area (Å²) in [6, 6.07) is 9.89. The molecule has 1 aromatic carbocycles. The summed E-state index contributed by atoms with van der Waals surface area (Å²) in [7, 11) is 4.20. The molecule has 0 unspecified atom stereocenters. The first-order chi connectivity index (χ1) is 11.4. The van der Waals surface area contributed by atoms with Crippen molar-refractivity contribution >= 4 is 40.4 Å². The van der Waals surface area contributed by atoms with Crippen LogP contribution in [-0.4, -0.2) is 48.9 Å². The molecule has 128 valence electrons. The molecule has 1 aliphatic heterocycles. The third-order valence-electron chi connectivity index (χ3n) is 4.45. The molecule has 3 nitrogen and oxygen atoms in total. The number of halogens is 2. The average molecular weight is 383 g/mol. The first-order valence-corrected chi connectivity index (χ1v) is 9.53. The third kappa shape index (κ3) is 3.94. The molecule has 1 fully saturated rings. The van der Waals surface area contributed by atoms with Gasteiger partial charge in [-0.2, -0.15) is 0 Å². The molecule has 24 heavy (non-hydrogen) atoms. The fourth-order valence-electron chi connectivity index (χ4n) is 3.05. The van der Waals surface area contributed by atoms with Crippen LogP contribution in [0, 0.1) is 0 Å². The van der Waals surface area contributed by atoms with Gasteiger partial charge >= 0.3 is 0 Å². The monoisotopic (exact) mass is 382 g/mol. The Bertz CT molecular complexity index is 716. The van der Waals surface area contributed by atoms with Gasteiger partial charge < -0.3 is 9.80 Å². The van der Waals surface area contributed by atoms with Crippen LogP contribution in [0.15, 0.2) is 30.3 Å². The number of benzene rings is 1. The molecule has 6 heteroatoms. The van der Waals surface area contributed by atoms with Crippen molar-refractivity contribution in [3.05, 3.63) is 45.3 Å². The molecule has 0 atom stereocenters. The number of hydrogen-bond donors (Lipinski definition) is 0.